The number of hydrogen-bond acceptors (Lipinski definition) is 2. The van der Waals surface area contributed by atoms with Crippen molar-refractivity contribution in [2.45, 2.75) is 27.7 Å². The van der Waals surface area contributed by atoms with E-state index in [1.807, 2.05) is 0 Å². The molecule has 0 unspecified atom stereocenters. The van der Waals surface area contributed by atoms with E-state index in [1.54, 1.807) is 6.92 Å². The molecule has 0 atom stereocenters. The highest BCUT2D eigenvalue weighted by atomic mass is 35.5. The van der Waals surface area contributed by atoms with Crippen LogP contribution in [0.25, 0.3) is 0 Å². The maximum absolute atomic E-state index is 11.2. The second kappa shape index (κ2) is 8.13. The van der Waals surface area contributed by atoms with E-state index in [2.05, 4.69) is 27.4 Å². The Labute approximate surface area is 100 Å². The zero-order valence-electron chi connectivity index (χ0n) is 10.2. The Morgan fingerprint density at radius 1 is 1.20 bits per heavy atom. The minimum Gasteiger partial charge on any atom is -1.00 e. The molecular formula is C11H22ClO2P. The lowest BCUT2D eigenvalue weighted by Gasteiger charge is -2.22. The minimum atomic E-state index is -1.02. The van der Waals surface area contributed by atoms with Gasteiger partial charge in [0.05, 0.1) is 25.7 Å². The first kappa shape index (κ1) is 17.3. The molecule has 0 aromatic rings. The smallest absolute Gasteiger partial charge is 0.336 e. The number of hydrogen-bond donors (Lipinski definition) is 0. The van der Waals surface area contributed by atoms with E-state index in [4.69, 9.17) is 4.74 Å². The van der Waals surface area contributed by atoms with Crippen LogP contribution in [0.1, 0.15) is 27.7 Å². The first-order chi connectivity index (χ1) is 6.51. The number of rotatable bonds is 6. The van der Waals surface area contributed by atoms with Gasteiger partial charge in [0.2, 0.25) is 0 Å². The lowest BCUT2D eigenvalue weighted by molar-refractivity contribution is -0.136. The zero-order valence-corrected chi connectivity index (χ0v) is 11.8. The molecule has 0 spiro atoms. The largest absolute Gasteiger partial charge is 1.00 e. The maximum Gasteiger partial charge on any atom is 0.336 e. The fourth-order valence-electron chi connectivity index (χ4n) is 1.26. The highest BCUT2D eigenvalue weighted by Gasteiger charge is 2.32. The average molecular weight is 253 g/mol. The number of carbonyl (C=O) groups excluding carboxylic acids is 1. The Bertz CT molecular complexity index is 204. The van der Waals surface area contributed by atoms with Crippen LogP contribution in [0.15, 0.2) is 12.2 Å². The molecule has 0 aromatic heterocycles. The summed E-state index contributed by atoms with van der Waals surface area (Å²) in [4.78, 5) is 11.2. The molecule has 0 aliphatic heterocycles. The zero-order chi connectivity index (χ0) is 11.2. The molecule has 0 aromatic carbocycles. The van der Waals surface area contributed by atoms with Gasteiger partial charge in [0.15, 0.2) is 6.35 Å². The van der Waals surface area contributed by atoms with Gasteiger partial charge < -0.3 is 17.1 Å². The standard InChI is InChI=1S/C11H22O2P.ClH/c1-6-14(7-2,8-3)9-13-11(12)10(4)5;/h4,6-9H2,1-3,5H3;1H/q+1;/p-1. The predicted octanol–water partition coefficient (Wildman–Crippen LogP) is 0.145. The molecule has 0 fully saturated rings. The third-order valence-electron chi connectivity index (χ3n) is 2.83. The second-order valence-corrected chi connectivity index (χ2v) is 8.47. The summed E-state index contributed by atoms with van der Waals surface area (Å²) in [5.74, 6) is -0.246. The van der Waals surface area contributed by atoms with Gasteiger partial charge in [0.25, 0.3) is 0 Å². The van der Waals surface area contributed by atoms with Crippen molar-refractivity contribution < 1.29 is 21.9 Å². The van der Waals surface area contributed by atoms with E-state index in [-0.39, 0.29) is 18.4 Å². The quantitative estimate of drug-likeness (QED) is 0.382. The van der Waals surface area contributed by atoms with Crippen LogP contribution in [-0.4, -0.2) is 30.8 Å². The van der Waals surface area contributed by atoms with Crippen LogP contribution < -0.4 is 12.4 Å². The van der Waals surface area contributed by atoms with Crippen molar-refractivity contribution in [3.05, 3.63) is 12.2 Å². The van der Waals surface area contributed by atoms with Crippen molar-refractivity contribution in [2.24, 2.45) is 0 Å². The third-order valence-corrected chi connectivity index (χ3v) is 7.53. The molecule has 0 bridgehead atoms. The molecule has 4 heteroatoms. The molecule has 0 amide bonds. The molecule has 0 N–H and O–H groups in total. The molecule has 90 valence electrons. The van der Waals surface area contributed by atoms with Crippen molar-refractivity contribution in [2.75, 3.05) is 24.8 Å². The van der Waals surface area contributed by atoms with Gasteiger partial charge in [-0.25, -0.2) is 4.79 Å². The average Bonchev–Trinajstić information content (AvgIpc) is 2.20. The van der Waals surface area contributed by atoms with Crippen molar-refractivity contribution in [3.8, 4) is 0 Å². The Morgan fingerprint density at radius 2 is 1.60 bits per heavy atom. The number of carbonyl (C=O) groups is 1. The summed E-state index contributed by atoms with van der Waals surface area (Å²) in [6.07, 6.45) is 4.10. The normalized spacial score (nSPS) is 10.4. The van der Waals surface area contributed by atoms with E-state index in [0.29, 0.717) is 11.9 Å². The lowest BCUT2D eigenvalue weighted by Crippen LogP contribution is -3.00. The first-order valence-corrected chi connectivity index (χ1v) is 7.72. The van der Waals surface area contributed by atoms with E-state index in [0.717, 1.165) is 18.5 Å². The monoisotopic (exact) mass is 252 g/mol. The third kappa shape index (κ3) is 5.53. The molecule has 0 aliphatic carbocycles. The molecule has 2 nitrogen and oxygen atoms in total. The Kier molecular flexibility index (Phi) is 9.39. The van der Waals surface area contributed by atoms with Crippen LogP contribution in [0, 0.1) is 0 Å². The number of esters is 1. The Morgan fingerprint density at radius 3 is 1.87 bits per heavy atom. The summed E-state index contributed by atoms with van der Waals surface area (Å²) in [5.41, 5.74) is 0.492. The predicted molar refractivity (Wildman–Crippen MR) is 64.3 cm³/mol. The van der Waals surface area contributed by atoms with Crippen LogP contribution in [0.2, 0.25) is 0 Å². The SMILES string of the molecule is C=C(C)C(=O)OC[P+](CC)(CC)CC.[Cl-]. The molecular weight excluding hydrogens is 231 g/mol. The van der Waals surface area contributed by atoms with E-state index < -0.39 is 7.26 Å². The molecule has 0 rings (SSSR count). The van der Waals surface area contributed by atoms with Gasteiger partial charge in [-0.05, 0) is 27.7 Å². The fourth-order valence-corrected chi connectivity index (χ4v) is 3.54. The van der Waals surface area contributed by atoms with Crippen LogP contribution in [0.3, 0.4) is 0 Å². The molecule has 0 heterocycles. The van der Waals surface area contributed by atoms with Crippen LogP contribution >= 0.6 is 7.26 Å². The van der Waals surface area contributed by atoms with Crippen LogP contribution in [0.4, 0.5) is 0 Å². The highest BCUT2D eigenvalue weighted by molar-refractivity contribution is 7.75. The topological polar surface area (TPSA) is 26.3 Å². The summed E-state index contributed by atoms with van der Waals surface area (Å²) < 4.78 is 5.25. The Hall–Kier alpha value is -0.0700. The minimum absolute atomic E-state index is 0. The first-order valence-electron chi connectivity index (χ1n) is 5.19. The van der Waals surface area contributed by atoms with Gasteiger partial charge in [0, 0.05) is 5.57 Å². The van der Waals surface area contributed by atoms with Crippen molar-refractivity contribution in [1.29, 1.82) is 0 Å². The van der Waals surface area contributed by atoms with E-state index >= 15 is 0 Å². The Balaban J connectivity index is 0. The molecule has 0 aliphatic rings. The van der Waals surface area contributed by atoms with E-state index in [1.165, 1.54) is 0 Å². The van der Waals surface area contributed by atoms with Gasteiger partial charge in [-0.15, -0.1) is 0 Å². The summed E-state index contributed by atoms with van der Waals surface area (Å²) in [6, 6.07) is 0. The van der Waals surface area contributed by atoms with Gasteiger partial charge >= 0.3 is 5.97 Å². The summed E-state index contributed by atoms with van der Waals surface area (Å²) in [5, 5.41) is 0. The molecule has 15 heavy (non-hydrogen) atoms. The fraction of sp³-hybridized carbons (Fsp3) is 0.727. The second-order valence-electron chi connectivity index (χ2n) is 3.63. The summed E-state index contributed by atoms with van der Waals surface area (Å²) >= 11 is 0. The molecule has 0 radical (unpaired) electrons. The summed E-state index contributed by atoms with van der Waals surface area (Å²) in [7, 11) is -1.02. The van der Waals surface area contributed by atoms with Crippen LogP contribution in [0.5, 0.6) is 0 Å². The number of ether oxygens (including phenoxy) is 1. The van der Waals surface area contributed by atoms with Crippen molar-refractivity contribution >= 4 is 13.2 Å². The van der Waals surface area contributed by atoms with Crippen molar-refractivity contribution in [1.82, 2.24) is 0 Å². The van der Waals surface area contributed by atoms with Gasteiger partial charge in [-0.1, -0.05) is 6.58 Å². The molecule has 0 saturated carbocycles. The van der Waals surface area contributed by atoms with Crippen LogP contribution in [-0.2, 0) is 9.53 Å². The lowest BCUT2D eigenvalue weighted by atomic mass is 10.4. The van der Waals surface area contributed by atoms with Gasteiger partial charge in [-0.3, -0.25) is 0 Å². The number of halogens is 1. The summed E-state index contributed by atoms with van der Waals surface area (Å²) in [6.45, 7) is 11.8. The highest BCUT2D eigenvalue weighted by Crippen LogP contribution is 2.57. The van der Waals surface area contributed by atoms with Crippen molar-refractivity contribution in [3.63, 3.8) is 0 Å². The van der Waals surface area contributed by atoms with Gasteiger partial charge in [0.1, 0.15) is 0 Å². The maximum atomic E-state index is 11.2. The van der Waals surface area contributed by atoms with E-state index in [9.17, 15) is 4.79 Å². The molecule has 0 saturated heterocycles. The van der Waals surface area contributed by atoms with Gasteiger partial charge in [-0.2, -0.15) is 0 Å².